The van der Waals surface area contributed by atoms with E-state index in [2.05, 4.69) is 10.4 Å². The fraction of sp³-hybridized carbons (Fsp3) is 0.267. The van der Waals surface area contributed by atoms with Crippen LogP contribution in [-0.4, -0.2) is 21.6 Å². The molecule has 0 radical (unpaired) electrons. The van der Waals surface area contributed by atoms with E-state index in [-0.39, 0.29) is 30.1 Å². The van der Waals surface area contributed by atoms with Crippen molar-refractivity contribution in [1.29, 1.82) is 0 Å². The molecule has 2 atom stereocenters. The molecule has 2 aromatic rings. The molecule has 0 spiro atoms. The molecule has 3 N–H and O–H groups in total. The highest BCUT2D eigenvalue weighted by Gasteiger charge is 2.45. The van der Waals surface area contributed by atoms with E-state index >= 15 is 0 Å². The molecule has 114 valence electrons. The van der Waals surface area contributed by atoms with Crippen LogP contribution in [0, 0.1) is 11.7 Å². The molecule has 1 aliphatic rings. The summed E-state index contributed by atoms with van der Waals surface area (Å²) in [5.74, 6) is -0.980. The SMILES string of the molecule is NC(=O)Cn1ccc(NC(=O)[C@H]2C[C@@H]2c2ccccc2F)n1. The Hall–Kier alpha value is -2.70. The molecular formula is C15H15FN4O2. The molecule has 3 rings (SSSR count). The number of amides is 2. The number of nitrogens with two attached hydrogens (primary N) is 1. The Kier molecular flexibility index (Phi) is 3.62. The van der Waals surface area contributed by atoms with Crippen LogP contribution in [0.2, 0.25) is 0 Å². The molecule has 1 aliphatic carbocycles. The van der Waals surface area contributed by atoms with Crippen molar-refractivity contribution in [2.45, 2.75) is 18.9 Å². The van der Waals surface area contributed by atoms with Gasteiger partial charge in [0.25, 0.3) is 0 Å². The first-order valence-corrected chi connectivity index (χ1v) is 6.91. The summed E-state index contributed by atoms with van der Waals surface area (Å²) in [6, 6.07) is 8.07. The summed E-state index contributed by atoms with van der Waals surface area (Å²) in [7, 11) is 0. The van der Waals surface area contributed by atoms with Crippen molar-refractivity contribution in [3.63, 3.8) is 0 Å². The normalized spacial score (nSPS) is 19.7. The van der Waals surface area contributed by atoms with Crippen molar-refractivity contribution in [3.05, 3.63) is 47.9 Å². The largest absolute Gasteiger partial charge is 0.368 e. The van der Waals surface area contributed by atoms with Crippen LogP contribution < -0.4 is 11.1 Å². The average Bonchev–Trinajstić information content (AvgIpc) is 3.14. The van der Waals surface area contributed by atoms with Crippen molar-refractivity contribution in [1.82, 2.24) is 9.78 Å². The lowest BCUT2D eigenvalue weighted by Crippen LogP contribution is -2.19. The van der Waals surface area contributed by atoms with E-state index in [1.165, 1.54) is 10.7 Å². The Balaban J connectivity index is 1.61. The van der Waals surface area contributed by atoms with Gasteiger partial charge in [-0.3, -0.25) is 14.3 Å². The maximum atomic E-state index is 13.7. The first-order chi connectivity index (χ1) is 10.5. The number of anilines is 1. The van der Waals surface area contributed by atoms with Crippen LogP contribution in [0.15, 0.2) is 36.5 Å². The van der Waals surface area contributed by atoms with Crippen LogP contribution in [0.3, 0.4) is 0 Å². The topological polar surface area (TPSA) is 90.0 Å². The van der Waals surface area contributed by atoms with Crippen molar-refractivity contribution in [2.24, 2.45) is 11.7 Å². The van der Waals surface area contributed by atoms with E-state index in [1.54, 1.807) is 30.5 Å². The number of halogens is 1. The molecule has 1 fully saturated rings. The average molecular weight is 302 g/mol. The van der Waals surface area contributed by atoms with Crippen LogP contribution in [0.25, 0.3) is 0 Å². The summed E-state index contributed by atoms with van der Waals surface area (Å²) < 4.78 is 15.0. The number of hydrogen-bond donors (Lipinski definition) is 2. The van der Waals surface area contributed by atoms with Crippen LogP contribution >= 0.6 is 0 Å². The van der Waals surface area contributed by atoms with E-state index < -0.39 is 5.91 Å². The molecular weight excluding hydrogens is 287 g/mol. The maximum Gasteiger partial charge on any atom is 0.239 e. The minimum absolute atomic E-state index is 0.0445. The smallest absolute Gasteiger partial charge is 0.239 e. The Morgan fingerprint density at radius 2 is 2.14 bits per heavy atom. The molecule has 0 bridgehead atoms. The molecule has 0 saturated heterocycles. The summed E-state index contributed by atoms with van der Waals surface area (Å²) in [4.78, 5) is 22.9. The van der Waals surface area contributed by atoms with Crippen LogP contribution in [0.4, 0.5) is 10.2 Å². The molecule has 2 amide bonds. The summed E-state index contributed by atoms with van der Waals surface area (Å²) >= 11 is 0. The molecule has 22 heavy (non-hydrogen) atoms. The second-order valence-electron chi connectivity index (χ2n) is 5.32. The maximum absolute atomic E-state index is 13.7. The van der Waals surface area contributed by atoms with Gasteiger partial charge in [-0.25, -0.2) is 4.39 Å². The minimum atomic E-state index is -0.511. The van der Waals surface area contributed by atoms with Gasteiger partial charge in [-0.2, -0.15) is 5.10 Å². The monoisotopic (exact) mass is 302 g/mol. The number of hydrogen-bond acceptors (Lipinski definition) is 3. The van der Waals surface area contributed by atoms with Gasteiger partial charge in [0, 0.05) is 18.2 Å². The number of carbonyl (C=O) groups is 2. The summed E-state index contributed by atoms with van der Waals surface area (Å²) in [6.45, 7) is -0.0445. The highest BCUT2D eigenvalue weighted by atomic mass is 19.1. The third-order valence-electron chi connectivity index (χ3n) is 3.64. The second-order valence-corrected chi connectivity index (χ2v) is 5.32. The Labute approximate surface area is 126 Å². The number of nitrogens with zero attached hydrogens (tertiary/aromatic N) is 2. The number of aromatic nitrogens is 2. The van der Waals surface area contributed by atoms with E-state index in [0.717, 1.165) is 0 Å². The highest BCUT2D eigenvalue weighted by Crippen LogP contribution is 2.48. The number of nitrogens with one attached hydrogen (secondary N) is 1. The van der Waals surface area contributed by atoms with Crippen LogP contribution in [0.5, 0.6) is 0 Å². The van der Waals surface area contributed by atoms with Gasteiger partial charge >= 0.3 is 0 Å². The van der Waals surface area contributed by atoms with Crippen LogP contribution in [0.1, 0.15) is 17.9 Å². The van der Waals surface area contributed by atoms with Gasteiger partial charge < -0.3 is 11.1 Å². The third kappa shape index (κ3) is 2.98. The first kappa shape index (κ1) is 14.2. The lowest BCUT2D eigenvalue weighted by atomic mass is 10.1. The molecule has 0 unspecified atom stereocenters. The molecule has 1 aromatic carbocycles. The number of carbonyl (C=O) groups excluding carboxylic acids is 2. The predicted octanol–water partition coefficient (Wildman–Crippen LogP) is 1.25. The van der Waals surface area contributed by atoms with Gasteiger partial charge in [0.2, 0.25) is 11.8 Å². The first-order valence-electron chi connectivity index (χ1n) is 6.91. The standard InChI is InChI=1S/C15H15FN4O2/c16-12-4-2-1-3-9(12)10-7-11(10)15(22)18-14-5-6-20(19-14)8-13(17)21/h1-6,10-11H,7-8H2,(H2,17,21)(H,18,19,22)/t10-,11+/m1/s1. The van der Waals surface area contributed by atoms with Gasteiger partial charge in [0.05, 0.1) is 0 Å². The summed E-state index contributed by atoms with van der Waals surface area (Å²) in [5, 5.41) is 6.70. The van der Waals surface area contributed by atoms with E-state index in [4.69, 9.17) is 5.73 Å². The van der Waals surface area contributed by atoms with Gasteiger partial charge in [-0.15, -0.1) is 0 Å². The quantitative estimate of drug-likeness (QED) is 0.871. The zero-order chi connectivity index (χ0) is 15.7. The highest BCUT2D eigenvalue weighted by molar-refractivity contribution is 5.94. The van der Waals surface area contributed by atoms with Gasteiger partial charge in [0.15, 0.2) is 5.82 Å². The van der Waals surface area contributed by atoms with E-state index in [1.807, 2.05) is 0 Å². The number of rotatable bonds is 5. The molecule has 1 saturated carbocycles. The number of benzene rings is 1. The number of primary amides is 1. The molecule has 0 aliphatic heterocycles. The molecule has 1 heterocycles. The lowest BCUT2D eigenvalue weighted by Gasteiger charge is -2.03. The Bertz CT molecular complexity index is 728. The van der Waals surface area contributed by atoms with Crippen molar-refractivity contribution < 1.29 is 14.0 Å². The lowest BCUT2D eigenvalue weighted by molar-refractivity contribution is -0.119. The molecule has 1 aromatic heterocycles. The summed E-state index contributed by atoms with van der Waals surface area (Å²) in [5.41, 5.74) is 5.64. The van der Waals surface area contributed by atoms with E-state index in [9.17, 15) is 14.0 Å². The minimum Gasteiger partial charge on any atom is -0.368 e. The van der Waals surface area contributed by atoms with Crippen molar-refractivity contribution >= 4 is 17.6 Å². The third-order valence-corrected chi connectivity index (χ3v) is 3.64. The predicted molar refractivity (Wildman–Crippen MR) is 77.3 cm³/mol. The Morgan fingerprint density at radius 3 is 2.86 bits per heavy atom. The molecule has 6 nitrogen and oxygen atoms in total. The zero-order valence-electron chi connectivity index (χ0n) is 11.7. The fourth-order valence-corrected chi connectivity index (χ4v) is 2.50. The fourth-order valence-electron chi connectivity index (χ4n) is 2.50. The van der Waals surface area contributed by atoms with Crippen LogP contribution in [-0.2, 0) is 16.1 Å². The summed E-state index contributed by atoms with van der Waals surface area (Å²) in [6.07, 6.45) is 2.18. The van der Waals surface area contributed by atoms with Gasteiger partial charge in [0.1, 0.15) is 12.4 Å². The Morgan fingerprint density at radius 1 is 1.36 bits per heavy atom. The van der Waals surface area contributed by atoms with E-state index in [0.29, 0.717) is 17.8 Å². The second kappa shape index (κ2) is 5.59. The van der Waals surface area contributed by atoms with Gasteiger partial charge in [-0.05, 0) is 24.0 Å². The zero-order valence-corrected chi connectivity index (χ0v) is 11.7. The van der Waals surface area contributed by atoms with Crippen molar-refractivity contribution in [2.75, 3.05) is 5.32 Å². The molecule has 7 heteroatoms. The van der Waals surface area contributed by atoms with Crippen molar-refractivity contribution in [3.8, 4) is 0 Å². The van der Waals surface area contributed by atoms with Gasteiger partial charge in [-0.1, -0.05) is 18.2 Å².